The van der Waals surface area contributed by atoms with Crippen molar-refractivity contribution in [2.75, 3.05) is 29.9 Å². The zero-order valence-corrected chi connectivity index (χ0v) is 17.6. The summed E-state index contributed by atoms with van der Waals surface area (Å²) in [6, 6.07) is 5.05. The van der Waals surface area contributed by atoms with E-state index < -0.39 is 11.6 Å². The molecule has 0 radical (unpaired) electrons. The molecular formula is C24H22F2N6. The minimum Gasteiger partial charge on any atom is -0.385 e. The molecule has 2 aliphatic rings. The molecule has 3 aromatic rings. The number of fused-ring (bicyclic) bond motifs is 3. The van der Waals surface area contributed by atoms with Gasteiger partial charge in [0.05, 0.1) is 16.9 Å². The number of hydrogen-bond donors (Lipinski definition) is 2. The molecule has 6 nitrogen and oxygen atoms in total. The lowest BCUT2D eigenvalue weighted by atomic mass is 9.97. The Kier molecular flexibility index (Phi) is 4.98. The fourth-order valence-corrected chi connectivity index (χ4v) is 4.74. The van der Waals surface area contributed by atoms with Crippen molar-refractivity contribution >= 4 is 11.4 Å². The topological polar surface area (TPSA) is 90.9 Å². The molecule has 1 aromatic carbocycles. The molecule has 1 atom stereocenters. The first kappa shape index (κ1) is 20.3. The number of benzene rings is 1. The van der Waals surface area contributed by atoms with Crippen LogP contribution in [0.15, 0.2) is 30.7 Å². The van der Waals surface area contributed by atoms with Crippen LogP contribution in [-0.4, -0.2) is 35.6 Å². The standard InChI is InChI=1S/C24H22F2N6/c1-2-30-19-7-18(25)23(26)21-16(19)6-20-22(21)24(32-4-3-15(28)12-32)17(11-31-20)14-5-13(8-27)9-29-10-14/h5,7,9-11,15,30H,2-4,6,12,28H2,1H3. The Bertz CT molecular complexity index is 1270. The number of hydrogen-bond acceptors (Lipinski definition) is 6. The molecular weight excluding hydrogens is 410 g/mol. The number of nitrogens with zero attached hydrogens (tertiary/aromatic N) is 4. The number of anilines is 2. The average molecular weight is 432 g/mol. The molecule has 0 spiro atoms. The Labute approximate surface area is 184 Å². The molecule has 0 bridgehead atoms. The van der Waals surface area contributed by atoms with Crippen LogP contribution in [0.4, 0.5) is 20.2 Å². The molecule has 8 heteroatoms. The molecule has 1 unspecified atom stereocenters. The summed E-state index contributed by atoms with van der Waals surface area (Å²) in [5.74, 6) is -1.76. The van der Waals surface area contributed by atoms with E-state index in [1.807, 2.05) is 6.92 Å². The van der Waals surface area contributed by atoms with E-state index in [-0.39, 0.29) is 11.6 Å². The first-order valence-electron chi connectivity index (χ1n) is 10.6. The van der Waals surface area contributed by atoms with Crippen LogP contribution in [0.25, 0.3) is 22.3 Å². The molecule has 1 fully saturated rings. The van der Waals surface area contributed by atoms with E-state index in [2.05, 4.69) is 26.3 Å². The molecule has 1 saturated heterocycles. The smallest absolute Gasteiger partial charge is 0.167 e. The zero-order chi connectivity index (χ0) is 22.4. The maximum absolute atomic E-state index is 15.3. The Hall–Kier alpha value is -3.57. The van der Waals surface area contributed by atoms with E-state index in [1.54, 1.807) is 18.5 Å². The van der Waals surface area contributed by atoms with E-state index in [0.717, 1.165) is 17.7 Å². The van der Waals surface area contributed by atoms with Gasteiger partial charge in [-0.05, 0) is 25.0 Å². The number of pyridine rings is 2. The molecule has 0 saturated carbocycles. The number of rotatable bonds is 4. The van der Waals surface area contributed by atoms with E-state index in [4.69, 9.17) is 5.73 Å². The molecule has 5 rings (SSSR count). The maximum atomic E-state index is 15.3. The summed E-state index contributed by atoms with van der Waals surface area (Å²) < 4.78 is 29.9. The van der Waals surface area contributed by atoms with Crippen LogP contribution in [-0.2, 0) is 6.42 Å². The van der Waals surface area contributed by atoms with Crippen LogP contribution in [0.2, 0.25) is 0 Å². The van der Waals surface area contributed by atoms with Gasteiger partial charge in [-0.3, -0.25) is 9.97 Å². The molecule has 0 amide bonds. The van der Waals surface area contributed by atoms with Gasteiger partial charge in [-0.2, -0.15) is 5.26 Å². The van der Waals surface area contributed by atoms with Crippen molar-refractivity contribution in [2.45, 2.75) is 25.8 Å². The third-order valence-corrected chi connectivity index (χ3v) is 6.14. The highest BCUT2D eigenvalue weighted by atomic mass is 19.2. The minimum atomic E-state index is -0.893. The van der Waals surface area contributed by atoms with Gasteiger partial charge in [0.25, 0.3) is 0 Å². The first-order valence-corrected chi connectivity index (χ1v) is 10.6. The second-order valence-corrected chi connectivity index (χ2v) is 8.19. The monoisotopic (exact) mass is 432 g/mol. The largest absolute Gasteiger partial charge is 0.385 e. The Morgan fingerprint density at radius 3 is 2.81 bits per heavy atom. The summed E-state index contributed by atoms with van der Waals surface area (Å²) in [6.07, 6.45) is 6.10. The summed E-state index contributed by atoms with van der Waals surface area (Å²) in [7, 11) is 0. The number of nitrogens with one attached hydrogen (secondary N) is 1. The van der Waals surface area contributed by atoms with E-state index in [9.17, 15) is 9.65 Å². The van der Waals surface area contributed by atoms with Crippen molar-refractivity contribution < 1.29 is 8.78 Å². The van der Waals surface area contributed by atoms with E-state index in [0.29, 0.717) is 59.7 Å². The molecule has 3 heterocycles. The third kappa shape index (κ3) is 3.17. The van der Waals surface area contributed by atoms with Gasteiger partial charge < -0.3 is 16.0 Å². The lowest BCUT2D eigenvalue weighted by Gasteiger charge is -2.25. The van der Waals surface area contributed by atoms with Crippen molar-refractivity contribution in [3.8, 4) is 28.3 Å². The van der Waals surface area contributed by atoms with Gasteiger partial charge in [-0.1, -0.05) is 0 Å². The SMILES string of the molecule is CCNc1cc(F)c(F)c2c1Cc1ncc(-c3cncc(C#N)c3)c(N3CCC(N)C3)c1-2. The lowest BCUT2D eigenvalue weighted by molar-refractivity contribution is 0.511. The fourth-order valence-electron chi connectivity index (χ4n) is 4.74. The number of aromatic nitrogens is 2. The Morgan fingerprint density at radius 2 is 2.09 bits per heavy atom. The van der Waals surface area contributed by atoms with Crippen LogP contribution >= 0.6 is 0 Å². The number of nitrogens with two attached hydrogens (primary N) is 1. The minimum absolute atomic E-state index is 0.00854. The predicted octanol–water partition coefficient (Wildman–Crippen LogP) is 3.83. The summed E-state index contributed by atoms with van der Waals surface area (Å²) in [4.78, 5) is 10.9. The van der Waals surface area contributed by atoms with E-state index >= 15 is 4.39 Å². The quantitative estimate of drug-likeness (QED) is 0.509. The van der Waals surface area contributed by atoms with Crippen LogP contribution in [0.3, 0.4) is 0 Å². The van der Waals surface area contributed by atoms with Gasteiger partial charge in [0.2, 0.25) is 0 Å². The summed E-state index contributed by atoms with van der Waals surface area (Å²) in [5.41, 5.74) is 11.7. The zero-order valence-electron chi connectivity index (χ0n) is 17.6. The fraction of sp³-hybridized carbons (Fsp3) is 0.292. The van der Waals surface area contributed by atoms with Crippen LogP contribution in [0.5, 0.6) is 0 Å². The summed E-state index contributed by atoms with van der Waals surface area (Å²) in [6.45, 7) is 3.80. The highest BCUT2D eigenvalue weighted by Gasteiger charge is 2.35. The highest BCUT2D eigenvalue weighted by Crippen LogP contribution is 2.50. The molecule has 1 aliphatic heterocycles. The van der Waals surface area contributed by atoms with Crippen LogP contribution in [0.1, 0.15) is 30.2 Å². The van der Waals surface area contributed by atoms with Gasteiger partial charge in [-0.25, -0.2) is 8.78 Å². The normalized spacial score (nSPS) is 16.6. The molecule has 1 aliphatic carbocycles. The second-order valence-electron chi connectivity index (χ2n) is 8.19. The highest BCUT2D eigenvalue weighted by molar-refractivity contribution is 5.96. The average Bonchev–Trinajstić information content (AvgIpc) is 3.40. The van der Waals surface area contributed by atoms with Gasteiger partial charge in [0.15, 0.2) is 11.6 Å². The first-order chi connectivity index (χ1) is 15.5. The van der Waals surface area contributed by atoms with E-state index in [1.165, 1.54) is 12.3 Å². The van der Waals surface area contributed by atoms with Crippen molar-refractivity contribution in [3.05, 3.63) is 59.2 Å². The number of nitriles is 1. The summed E-state index contributed by atoms with van der Waals surface area (Å²) in [5, 5.41) is 12.5. The van der Waals surface area contributed by atoms with Crippen LogP contribution in [0, 0.1) is 23.0 Å². The molecule has 32 heavy (non-hydrogen) atoms. The van der Waals surface area contributed by atoms with Crippen molar-refractivity contribution in [1.82, 2.24) is 9.97 Å². The van der Waals surface area contributed by atoms with Gasteiger partial charge in [0, 0.05) is 84.7 Å². The third-order valence-electron chi connectivity index (χ3n) is 6.14. The Balaban J connectivity index is 1.80. The maximum Gasteiger partial charge on any atom is 0.167 e. The van der Waals surface area contributed by atoms with Crippen LogP contribution < -0.4 is 16.0 Å². The second kappa shape index (κ2) is 7.84. The lowest BCUT2D eigenvalue weighted by Crippen LogP contribution is -2.27. The Morgan fingerprint density at radius 1 is 1.25 bits per heavy atom. The van der Waals surface area contributed by atoms with Gasteiger partial charge in [-0.15, -0.1) is 0 Å². The van der Waals surface area contributed by atoms with Gasteiger partial charge in [0.1, 0.15) is 6.07 Å². The number of halogens is 2. The molecule has 2 aromatic heterocycles. The van der Waals surface area contributed by atoms with Crippen molar-refractivity contribution in [2.24, 2.45) is 5.73 Å². The molecule has 3 N–H and O–H groups in total. The predicted molar refractivity (Wildman–Crippen MR) is 119 cm³/mol. The van der Waals surface area contributed by atoms with Crippen molar-refractivity contribution in [1.29, 1.82) is 5.26 Å². The molecule has 162 valence electrons. The summed E-state index contributed by atoms with van der Waals surface area (Å²) >= 11 is 0. The van der Waals surface area contributed by atoms with Crippen molar-refractivity contribution in [3.63, 3.8) is 0 Å². The van der Waals surface area contributed by atoms with Gasteiger partial charge >= 0.3 is 0 Å².